The van der Waals surface area contributed by atoms with Crippen LogP contribution in [-0.4, -0.2) is 5.91 Å². The van der Waals surface area contributed by atoms with E-state index >= 15 is 0 Å². The summed E-state index contributed by atoms with van der Waals surface area (Å²) >= 11 is 8.03. The highest BCUT2D eigenvalue weighted by Crippen LogP contribution is 2.26. The summed E-state index contributed by atoms with van der Waals surface area (Å²) in [6.45, 7) is 0. The largest absolute Gasteiger partial charge is 0.398 e. The van der Waals surface area contributed by atoms with Crippen molar-refractivity contribution in [2.45, 2.75) is 0 Å². The van der Waals surface area contributed by atoms with Crippen LogP contribution in [0.4, 0.5) is 11.4 Å². The van der Waals surface area contributed by atoms with Crippen LogP contribution in [0.1, 0.15) is 9.67 Å². The first-order valence-corrected chi connectivity index (χ1v) is 7.14. The van der Waals surface area contributed by atoms with Crippen molar-refractivity contribution in [3.05, 3.63) is 43.5 Å². The zero-order valence-electron chi connectivity index (χ0n) is 8.54. The molecule has 17 heavy (non-hydrogen) atoms. The van der Waals surface area contributed by atoms with Crippen LogP contribution in [0.25, 0.3) is 0 Å². The van der Waals surface area contributed by atoms with Crippen LogP contribution in [0, 0.1) is 0 Å². The molecular formula is C11H8Br2N2OS. The molecule has 0 spiro atoms. The summed E-state index contributed by atoms with van der Waals surface area (Å²) in [7, 11) is 0. The Balaban J connectivity index is 2.19. The lowest BCUT2D eigenvalue weighted by atomic mass is 10.3. The first-order chi connectivity index (χ1) is 8.08. The highest BCUT2D eigenvalue weighted by Gasteiger charge is 2.11. The minimum absolute atomic E-state index is 0.136. The van der Waals surface area contributed by atoms with Gasteiger partial charge in [0.25, 0.3) is 5.91 Å². The van der Waals surface area contributed by atoms with Crippen LogP contribution in [-0.2, 0) is 0 Å². The van der Waals surface area contributed by atoms with Gasteiger partial charge in [0.2, 0.25) is 0 Å². The molecular weight excluding hydrogens is 368 g/mol. The topological polar surface area (TPSA) is 55.1 Å². The molecule has 0 radical (unpaired) electrons. The molecule has 3 N–H and O–H groups in total. The minimum Gasteiger partial charge on any atom is -0.398 e. The molecule has 0 saturated carbocycles. The summed E-state index contributed by atoms with van der Waals surface area (Å²) in [6, 6.07) is 7.12. The molecule has 0 aliphatic carbocycles. The third kappa shape index (κ3) is 2.88. The van der Waals surface area contributed by atoms with Gasteiger partial charge >= 0.3 is 0 Å². The van der Waals surface area contributed by atoms with Crippen LogP contribution in [0.5, 0.6) is 0 Å². The van der Waals surface area contributed by atoms with Crippen LogP contribution in [0.3, 0.4) is 0 Å². The summed E-state index contributed by atoms with van der Waals surface area (Å²) in [6.07, 6.45) is 0. The van der Waals surface area contributed by atoms with Crippen LogP contribution < -0.4 is 11.1 Å². The molecule has 0 fully saturated rings. The molecule has 0 atom stereocenters. The number of nitrogens with one attached hydrogen (secondary N) is 1. The van der Waals surface area contributed by atoms with Gasteiger partial charge in [0, 0.05) is 20.3 Å². The summed E-state index contributed by atoms with van der Waals surface area (Å²) in [5.41, 5.74) is 7.02. The maximum Gasteiger partial charge on any atom is 0.266 e. The van der Waals surface area contributed by atoms with E-state index in [9.17, 15) is 4.79 Å². The minimum atomic E-state index is -0.136. The van der Waals surface area contributed by atoms with Crippen molar-refractivity contribution in [3.63, 3.8) is 0 Å². The molecule has 0 saturated heterocycles. The van der Waals surface area contributed by atoms with E-state index in [1.807, 2.05) is 11.4 Å². The molecule has 6 heteroatoms. The molecule has 2 rings (SSSR count). The Hall–Kier alpha value is -0.850. The van der Waals surface area contributed by atoms with Gasteiger partial charge in [-0.15, -0.1) is 11.3 Å². The average Bonchev–Trinajstić information content (AvgIpc) is 2.70. The fourth-order valence-corrected chi connectivity index (χ4v) is 3.07. The predicted molar refractivity (Wildman–Crippen MR) is 78.5 cm³/mol. The van der Waals surface area contributed by atoms with Gasteiger partial charge in [-0.2, -0.15) is 0 Å². The van der Waals surface area contributed by atoms with Crippen molar-refractivity contribution < 1.29 is 4.79 Å². The number of rotatable bonds is 2. The molecule has 1 amide bonds. The molecule has 0 aliphatic heterocycles. The lowest BCUT2D eigenvalue weighted by molar-refractivity contribution is 0.103. The summed E-state index contributed by atoms with van der Waals surface area (Å²) in [5, 5.41) is 4.67. The van der Waals surface area contributed by atoms with Crippen molar-refractivity contribution in [2.24, 2.45) is 0 Å². The van der Waals surface area contributed by atoms with E-state index in [4.69, 9.17) is 5.73 Å². The van der Waals surface area contributed by atoms with Gasteiger partial charge in [-0.3, -0.25) is 4.79 Å². The highest BCUT2D eigenvalue weighted by atomic mass is 79.9. The molecule has 2 aromatic rings. The first kappa shape index (κ1) is 12.6. The highest BCUT2D eigenvalue weighted by molar-refractivity contribution is 9.11. The van der Waals surface area contributed by atoms with Gasteiger partial charge in [0.1, 0.15) is 4.88 Å². The molecule has 88 valence electrons. The maximum atomic E-state index is 11.9. The number of nitrogens with two attached hydrogens (primary N) is 1. The number of nitrogen functional groups attached to an aromatic ring is 1. The van der Waals surface area contributed by atoms with E-state index in [2.05, 4.69) is 37.2 Å². The Morgan fingerprint density at radius 2 is 2.00 bits per heavy atom. The molecule has 0 bridgehead atoms. The number of halogens is 2. The average molecular weight is 376 g/mol. The van der Waals surface area contributed by atoms with E-state index < -0.39 is 0 Å². The number of amides is 1. The van der Waals surface area contributed by atoms with Crippen LogP contribution in [0.15, 0.2) is 38.6 Å². The fourth-order valence-electron chi connectivity index (χ4n) is 1.25. The van der Waals surface area contributed by atoms with E-state index in [0.29, 0.717) is 16.3 Å². The van der Waals surface area contributed by atoms with Crippen molar-refractivity contribution in [3.8, 4) is 0 Å². The number of hydrogen-bond donors (Lipinski definition) is 2. The molecule has 3 nitrogen and oxygen atoms in total. The number of anilines is 2. The zero-order chi connectivity index (χ0) is 12.4. The SMILES string of the molecule is Nc1ccc(NC(=O)c2sccc2Br)cc1Br. The van der Waals surface area contributed by atoms with E-state index in [0.717, 1.165) is 8.95 Å². The van der Waals surface area contributed by atoms with Gasteiger partial charge in [-0.05, 0) is 61.5 Å². The second kappa shape index (κ2) is 5.20. The Morgan fingerprint density at radius 1 is 1.24 bits per heavy atom. The molecule has 1 aromatic carbocycles. The summed E-state index contributed by atoms with van der Waals surface area (Å²) in [5.74, 6) is -0.136. The maximum absolute atomic E-state index is 11.9. The third-order valence-corrected chi connectivity index (χ3v) is 4.60. The molecule has 1 aromatic heterocycles. The van der Waals surface area contributed by atoms with Gasteiger partial charge in [0.15, 0.2) is 0 Å². The van der Waals surface area contributed by atoms with Crippen LogP contribution >= 0.6 is 43.2 Å². The van der Waals surface area contributed by atoms with E-state index in [-0.39, 0.29) is 5.91 Å². The van der Waals surface area contributed by atoms with Crippen LogP contribution in [0.2, 0.25) is 0 Å². The van der Waals surface area contributed by atoms with Gasteiger partial charge < -0.3 is 11.1 Å². The summed E-state index contributed by atoms with van der Waals surface area (Å²) in [4.78, 5) is 12.6. The zero-order valence-corrected chi connectivity index (χ0v) is 12.5. The number of carbonyl (C=O) groups is 1. The van der Waals surface area contributed by atoms with Crippen molar-refractivity contribution >= 4 is 60.5 Å². The standard InChI is InChI=1S/C11H8Br2N2OS/c12-7-3-4-17-10(7)11(16)15-6-1-2-9(14)8(13)5-6/h1-5H,14H2,(H,15,16). The lowest BCUT2D eigenvalue weighted by Crippen LogP contribution is -2.10. The van der Waals surface area contributed by atoms with Crippen molar-refractivity contribution in [2.75, 3.05) is 11.1 Å². The third-order valence-electron chi connectivity index (χ3n) is 2.08. The second-order valence-electron chi connectivity index (χ2n) is 3.29. The van der Waals surface area contributed by atoms with Gasteiger partial charge in [-0.25, -0.2) is 0 Å². The smallest absolute Gasteiger partial charge is 0.266 e. The number of benzene rings is 1. The van der Waals surface area contributed by atoms with Crippen molar-refractivity contribution in [1.29, 1.82) is 0 Å². The molecule has 0 aliphatic rings. The lowest BCUT2D eigenvalue weighted by Gasteiger charge is -2.06. The Labute approximate surface area is 119 Å². The monoisotopic (exact) mass is 374 g/mol. The molecule has 0 unspecified atom stereocenters. The fraction of sp³-hybridized carbons (Fsp3) is 0. The number of carbonyl (C=O) groups excluding carboxylic acids is 1. The van der Waals surface area contributed by atoms with E-state index in [1.54, 1.807) is 18.2 Å². The number of thiophene rings is 1. The van der Waals surface area contributed by atoms with Crippen molar-refractivity contribution in [1.82, 2.24) is 0 Å². The Kier molecular flexibility index (Phi) is 3.86. The molecule has 1 heterocycles. The Morgan fingerprint density at radius 3 is 2.59 bits per heavy atom. The first-order valence-electron chi connectivity index (χ1n) is 4.67. The normalized spacial score (nSPS) is 10.2. The predicted octanol–water partition coefficient (Wildman–Crippen LogP) is 4.11. The van der Waals surface area contributed by atoms with Gasteiger partial charge in [-0.1, -0.05) is 0 Å². The van der Waals surface area contributed by atoms with Gasteiger partial charge in [0.05, 0.1) is 0 Å². The Bertz CT molecular complexity index is 568. The summed E-state index contributed by atoms with van der Waals surface area (Å²) < 4.78 is 1.56. The second-order valence-corrected chi connectivity index (χ2v) is 5.91. The number of hydrogen-bond acceptors (Lipinski definition) is 3. The quantitative estimate of drug-likeness (QED) is 0.776. The van der Waals surface area contributed by atoms with E-state index in [1.165, 1.54) is 11.3 Å².